The van der Waals surface area contributed by atoms with Crippen LogP contribution in [0.15, 0.2) is 0 Å². The van der Waals surface area contributed by atoms with E-state index in [2.05, 4.69) is 38.8 Å². The maximum atomic E-state index is 3.83. The zero-order valence-corrected chi connectivity index (χ0v) is 10.9. The fraction of sp³-hybridized carbons (Fsp3) is 1.00. The zero-order chi connectivity index (χ0) is 10.1. The Balaban J connectivity index is 2.56. The van der Waals surface area contributed by atoms with Crippen LogP contribution in [0.5, 0.6) is 0 Å². The number of hydrogen-bond donors (Lipinski definition) is 1. The highest BCUT2D eigenvalue weighted by atomic mass is 28.3. The van der Waals surface area contributed by atoms with E-state index in [0.717, 1.165) is 11.5 Å². The molecular weight excluding hydrogens is 174 g/mol. The van der Waals surface area contributed by atoms with Crippen molar-refractivity contribution in [1.29, 1.82) is 0 Å². The Labute approximate surface area is 84.4 Å². The second-order valence-electron chi connectivity index (χ2n) is 5.54. The molecule has 0 aliphatic heterocycles. The number of hydrogen-bond acceptors (Lipinski definition) is 1. The summed E-state index contributed by atoms with van der Waals surface area (Å²) in [5, 5.41) is 0. The van der Waals surface area contributed by atoms with Crippen LogP contribution in [0.2, 0.25) is 18.6 Å². The molecule has 1 aliphatic rings. The molecule has 1 rings (SSSR count). The summed E-state index contributed by atoms with van der Waals surface area (Å²) in [5.74, 6) is 0.966. The Morgan fingerprint density at radius 1 is 1.23 bits per heavy atom. The van der Waals surface area contributed by atoms with Crippen molar-refractivity contribution >= 4 is 8.24 Å². The van der Waals surface area contributed by atoms with Crippen LogP contribution in [0.1, 0.15) is 40.0 Å². The minimum absolute atomic E-state index is 0.662. The Kier molecular flexibility index (Phi) is 3.58. The van der Waals surface area contributed by atoms with Crippen molar-refractivity contribution in [3.05, 3.63) is 0 Å². The van der Waals surface area contributed by atoms with Gasteiger partial charge in [0.2, 0.25) is 0 Å². The van der Waals surface area contributed by atoms with Crippen LogP contribution in [0.3, 0.4) is 0 Å². The van der Waals surface area contributed by atoms with Crippen LogP contribution in [0, 0.1) is 5.92 Å². The quantitative estimate of drug-likeness (QED) is 0.687. The lowest BCUT2D eigenvalue weighted by Crippen LogP contribution is -2.52. The Morgan fingerprint density at radius 3 is 2.23 bits per heavy atom. The lowest BCUT2D eigenvalue weighted by molar-refractivity contribution is 0.577. The van der Waals surface area contributed by atoms with Gasteiger partial charge in [-0.05, 0) is 17.5 Å². The van der Waals surface area contributed by atoms with E-state index in [4.69, 9.17) is 0 Å². The fourth-order valence-electron chi connectivity index (χ4n) is 3.07. The molecule has 1 saturated carbocycles. The van der Waals surface area contributed by atoms with Gasteiger partial charge in [-0.2, -0.15) is 0 Å². The first kappa shape index (κ1) is 11.3. The van der Waals surface area contributed by atoms with Crippen LogP contribution in [-0.2, 0) is 0 Å². The van der Waals surface area contributed by atoms with E-state index >= 15 is 0 Å². The third-order valence-electron chi connectivity index (χ3n) is 3.45. The molecule has 0 aromatic heterocycles. The van der Waals surface area contributed by atoms with Gasteiger partial charge in [-0.3, -0.25) is 0 Å². The summed E-state index contributed by atoms with van der Waals surface area (Å²) in [6.45, 7) is 12.0. The maximum Gasteiger partial charge on any atom is 0.123 e. The summed E-state index contributed by atoms with van der Waals surface area (Å²) in [7, 11) is -1.15. The van der Waals surface area contributed by atoms with Crippen molar-refractivity contribution in [2.75, 3.05) is 0 Å². The van der Waals surface area contributed by atoms with Gasteiger partial charge in [0.05, 0.1) is 0 Å². The van der Waals surface area contributed by atoms with E-state index in [1.54, 1.807) is 0 Å². The lowest BCUT2D eigenvalue weighted by atomic mass is 10.1. The Bertz CT molecular complexity index is 165. The molecule has 1 nitrogen and oxygen atoms in total. The second kappa shape index (κ2) is 4.14. The standard InChI is InChI=1S/C11H25NSi/c1-9(2)12-13(4,5)11-8-6-7-10(11)3/h9-12H,6-8H2,1-5H3. The number of rotatable bonds is 3. The van der Waals surface area contributed by atoms with Crippen molar-refractivity contribution < 1.29 is 0 Å². The van der Waals surface area contributed by atoms with Gasteiger partial charge in [-0.15, -0.1) is 0 Å². The molecule has 0 aromatic carbocycles. The molecule has 0 aromatic rings. The summed E-state index contributed by atoms with van der Waals surface area (Å²) in [6.07, 6.45) is 4.39. The zero-order valence-electron chi connectivity index (χ0n) is 9.85. The van der Waals surface area contributed by atoms with E-state index in [9.17, 15) is 0 Å². The van der Waals surface area contributed by atoms with Gasteiger partial charge in [-0.1, -0.05) is 53.1 Å². The molecule has 78 valence electrons. The van der Waals surface area contributed by atoms with E-state index < -0.39 is 8.24 Å². The van der Waals surface area contributed by atoms with Gasteiger partial charge in [0.1, 0.15) is 8.24 Å². The highest BCUT2D eigenvalue weighted by molar-refractivity contribution is 6.76. The third kappa shape index (κ3) is 2.81. The molecule has 1 fully saturated rings. The van der Waals surface area contributed by atoms with Crippen LogP contribution >= 0.6 is 0 Å². The van der Waals surface area contributed by atoms with Crippen LogP contribution in [0.25, 0.3) is 0 Å². The highest BCUT2D eigenvalue weighted by Gasteiger charge is 2.38. The van der Waals surface area contributed by atoms with Gasteiger partial charge in [0.25, 0.3) is 0 Å². The largest absolute Gasteiger partial charge is 0.335 e. The van der Waals surface area contributed by atoms with Crippen molar-refractivity contribution in [3.63, 3.8) is 0 Å². The van der Waals surface area contributed by atoms with Gasteiger partial charge < -0.3 is 4.98 Å². The van der Waals surface area contributed by atoms with Crippen molar-refractivity contribution in [2.24, 2.45) is 5.92 Å². The van der Waals surface area contributed by atoms with E-state index in [0.29, 0.717) is 6.04 Å². The predicted octanol–water partition coefficient (Wildman–Crippen LogP) is 3.38. The first-order valence-electron chi connectivity index (χ1n) is 5.71. The van der Waals surface area contributed by atoms with Gasteiger partial charge in [0, 0.05) is 0 Å². The average Bonchev–Trinajstić information content (AvgIpc) is 2.32. The first-order chi connectivity index (χ1) is 5.93. The number of nitrogens with one attached hydrogen (secondary N) is 1. The molecule has 2 unspecified atom stereocenters. The second-order valence-corrected chi connectivity index (χ2v) is 10.0. The summed E-state index contributed by atoms with van der Waals surface area (Å²) in [5.41, 5.74) is 1.01. The van der Waals surface area contributed by atoms with Crippen LogP contribution < -0.4 is 4.98 Å². The van der Waals surface area contributed by atoms with Crippen molar-refractivity contribution in [1.82, 2.24) is 4.98 Å². The minimum atomic E-state index is -1.15. The van der Waals surface area contributed by atoms with E-state index in [1.807, 2.05) is 0 Å². The van der Waals surface area contributed by atoms with Gasteiger partial charge in [0.15, 0.2) is 0 Å². The molecule has 0 radical (unpaired) electrons. The first-order valence-corrected chi connectivity index (χ1v) is 8.79. The molecule has 1 aliphatic carbocycles. The summed E-state index contributed by atoms with van der Waals surface area (Å²) in [6, 6.07) is 0.662. The molecule has 0 saturated heterocycles. The minimum Gasteiger partial charge on any atom is -0.335 e. The van der Waals surface area contributed by atoms with E-state index in [-0.39, 0.29) is 0 Å². The molecular formula is C11H25NSi. The Hall–Kier alpha value is 0.177. The van der Waals surface area contributed by atoms with Crippen molar-refractivity contribution in [3.8, 4) is 0 Å². The molecule has 0 amide bonds. The molecule has 2 atom stereocenters. The SMILES string of the molecule is CC(C)N[Si](C)(C)C1CCCC1C. The molecule has 0 bridgehead atoms. The van der Waals surface area contributed by atoms with Gasteiger partial charge in [-0.25, -0.2) is 0 Å². The lowest BCUT2D eigenvalue weighted by Gasteiger charge is -2.35. The summed E-state index contributed by atoms with van der Waals surface area (Å²) in [4.78, 5) is 3.83. The monoisotopic (exact) mass is 199 g/mol. The molecule has 0 spiro atoms. The smallest absolute Gasteiger partial charge is 0.123 e. The molecule has 2 heteroatoms. The molecule has 0 heterocycles. The van der Waals surface area contributed by atoms with Crippen LogP contribution in [0.4, 0.5) is 0 Å². The van der Waals surface area contributed by atoms with Crippen molar-refractivity contribution in [2.45, 2.75) is 64.7 Å². The normalized spacial score (nSPS) is 30.0. The third-order valence-corrected chi connectivity index (χ3v) is 7.48. The fourth-order valence-corrected chi connectivity index (χ4v) is 7.29. The predicted molar refractivity (Wildman–Crippen MR) is 62.5 cm³/mol. The average molecular weight is 199 g/mol. The summed E-state index contributed by atoms with van der Waals surface area (Å²) < 4.78 is 0. The maximum absolute atomic E-state index is 3.83. The molecule has 1 N–H and O–H groups in total. The highest BCUT2D eigenvalue weighted by Crippen LogP contribution is 2.42. The molecule has 13 heavy (non-hydrogen) atoms. The Morgan fingerprint density at radius 2 is 1.85 bits per heavy atom. The topological polar surface area (TPSA) is 12.0 Å². The van der Waals surface area contributed by atoms with E-state index in [1.165, 1.54) is 19.3 Å². The summed E-state index contributed by atoms with van der Waals surface area (Å²) >= 11 is 0. The van der Waals surface area contributed by atoms with Crippen LogP contribution in [-0.4, -0.2) is 14.3 Å². The van der Waals surface area contributed by atoms with Gasteiger partial charge >= 0.3 is 0 Å².